The summed E-state index contributed by atoms with van der Waals surface area (Å²) >= 11 is 0. The summed E-state index contributed by atoms with van der Waals surface area (Å²) in [6.45, 7) is 10.9. The van der Waals surface area contributed by atoms with E-state index in [2.05, 4.69) is 30.5 Å². The Kier molecular flexibility index (Phi) is 5.04. The molecule has 1 N–H and O–H groups in total. The van der Waals surface area contributed by atoms with Crippen molar-refractivity contribution in [2.75, 3.05) is 20.2 Å². The van der Waals surface area contributed by atoms with Crippen molar-refractivity contribution in [3.8, 4) is 5.75 Å². The molecule has 0 aliphatic carbocycles. The Morgan fingerprint density at radius 2 is 1.83 bits per heavy atom. The first kappa shape index (κ1) is 19.5. The van der Waals surface area contributed by atoms with Crippen LogP contribution in [0, 0.1) is 27.7 Å². The summed E-state index contributed by atoms with van der Waals surface area (Å²) in [5.74, 6) is 0.634. The van der Waals surface area contributed by atoms with Crippen LogP contribution in [-0.2, 0) is 13.1 Å². The molecule has 2 aromatic heterocycles. The van der Waals surface area contributed by atoms with Gasteiger partial charge >= 0.3 is 0 Å². The molecule has 0 fully saturated rings. The van der Waals surface area contributed by atoms with Gasteiger partial charge in [0.1, 0.15) is 18.0 Å². The van der Waals surface area contributed by atoms with Crippen LogP contribution in [0.4, 0.5) is 0 Å². The number of carbonyl (C=O) groups is 1. The molecule has 3 aromatic rings. The summed E-state index contributed by atoms with van der Waals surface area (Å²) in [5.41, 5.74) is 8.63. The third-order valence-corrected chi connectivity index (χ3v) is 6.02. The fraction of sp³-hybridized carbons (Fsp3) is 0.391. The van der Waals surface area contributed by atoms with Crippen molar-refractivity contribution in [1.29, 1.82) is 0 Å². The van der Waals surface area contributed by atoms with Crippen molar-refractivity contribution in [2.24, 2.45) is 0 Å². The molecule has 3 heterocycles. The average molecular weight is 393 g/mol. The zero-order valence-corrected chi connectivity index (χ0v) is 17.8. The van der Waals surface area contributed by atoms with Crippen LogP contribution in [-0.4, -0.2) is 40.4 Å². The zero-order valence-electron chi connectivity index (χ0n) is 17.8. The maximum absolute atomic E-state index is 13.3. The molecule has 0 atom stereocenters. The minimum atomic E-state index is -0.000590. The van der Waals surface area contributed by atoms with Crippen LogP contribution in [0.3, 0.4) is 0 Å². The highest BCUT2D eigenvalue weighted by atomic mass is 16.5. The van der Waals surface area contributed by atoms with Crippen LogP contribution < -0.4 is 10.1 Å². The SMILES string of the molecule is CNCCOc1ccccc1C(=O)N1Cc2c(c3nc(C)c(C)c(C)n3c2C)C1. The highest BCUT2D eigenvalue weighted by Gasteiger charge is 2.32. The smallest absolute Gasteiger partial charge is 0.258 e. The first-order valence-corrected chi connectivity index (χ1v) is 10.1. The van der Waals surface area contributed by atoms with E-state index >= 15 is 0 Å². The van der Waals surface area contributed by atoms with E-state index in [-0.39, 0.29) is 5.91 Å². The minimum absolute atomic E-state index is 0.000590. The molecule has 0 bridgehead atoms. The van der Waals surface area contributed by atoms with Crippen molar-refractivity contribution in [3.05, 3.63) is 63.6 Å². The van der Waals surface area contributed by atoms with Crippen LogP contribution in [0.5, 0.6) is 5.75 Å². The number of rotatable bonds is 5. The molecule has 6 heteroatoms. The van der Waals surface area contributed by atoms with Crippen molar-refractivity contribution < 1.29 is 9.53 Å². The Morgan fingerprint density at radius 3 is 2.59 bits per heavy atom. The van der Waals surface area contributed by atoms with Gasteiger partial charge in [0, 0.05) is 35.7 Å². The number of para-hydroxylation sites is 1. The van der Waals surface area contributed by atoms with E-state index in [9.17, 15) is 4.79 Å². The number of nitrogens with one attached hydrogen (secondary N) is 1. The normalized spacial score (nSPS) is 13.2. The fourth-order valence-corrected chi connectivity index (χ4v) is 4.14. The van der Waals surface area contributed by atoms with E-state index in [0.717, 1.165) is 23.4 Å². The molecule has 1 aromatic carbocycles. The lowest BCUT2D eigenvalue weighted by Crippen LogP contribution is -2.27. The fourth-order valence-electron chi connectivity index (χ4n) is 4.14. The number of benzene rings is 1. The topological polar surface area (TPSA) is 58.9 Å². The van der Waals surface area contributed by atoms with E-state index in [4.69, 9.17) is 9.72 Å². The molecule has 4 rings (SSSR count). The lowest BCUT2D eigenvalue weighted by atomic mass is 10.1. The monoisotopic (exact) mass is 392 g/mol. The predicted octanol–water partition coefficient (Wildman–Crippen LogP) is 3.32. The summed E-state index contributed by atoms with van der Waals surface area (Å²) in [5, 5.41) is 3.06. The number of amides is 1. The number of aryl methyl sites for hydroxylation is 3. The molecular formula is C23H28N4O2. The molecule has 0 saturated heterocycles. The summed E-state index contributed by atoms with van der Waals surface area (Å²) in [6.07, 6.45) is 0. The van der Waals surface area contributed by atoms with Crippen molar-refractivity contribution >= 4 is 11.6 Å². The Hall–Kier alpha value is -2.86. The molecule has 1 aliphatic rings. The van der Waals surface area contributed by atoms with Gasteiger partial charge in [-0.15, -0.1) is 0 Å². The van der Waals surface area contributed by atoms with E-state index < -0.39 is 0 Å². The Balaban J connectivity index is 1.66. The van der Waals surface area contributed by atoms with E-state index in [1.54, 1.807) is 0 Å². The number of hydrogen-bond acceptors (Lipinski definition) is 4. The molecule has 6 nitrogen and oxygen atoms in total. The van der Waals surface area contributed by atoms with Gasteiger partial charge in [0.15, 0.2) is 0 Å². The second-order valence-corrected chi connectivity index (χ2v) is 7.72. The van der Waals surface area contributed by atoms with Gasteiger partial charge in [-0.3, -0.25) is 4.79 Å². The highest BCUT2D eigenvalue weighted by Crippen LogP contribution is 2.34. The number of likely N-dealkylation sites (N-methyl/N-ethyl adjacent to an activating group) is 1. The summed E-state index contributed by atoms with van der Waals surface area (Å²) in [7, 11) is 1.88. The second-order valence-electron chi connectivity index (χ2n) is 7.72. The van der Waals surface area contributed by atoms with Crippen LogP contribution in [0.1, 0.15) is 44.1 Å². The van der Waals surface area contributed by atoms with Crippen LogP contribution in [0.2, 0.25) is 0 Å². The predicted molar refractivity (Wildman–Crippen MR) is 114 cm³/mol. The summed E-state index contributed by atoms with van der Waals surface area (Å²) in [4.78, 5) is 20.1. The van der Waals surface area contributed by atoms with Gasteiger partial charge in [0.05, 0.1) is 12.1 Å². The molecule has 1 aliphatic heterocycles. The Labute approximate surface area is 171 Å². The van der Waals surface area contributed by atoms with Gasteiger partial charge < -0.3 is 19.4 Å². The molecule has 0 spiro atoms. The van der Waals surface area contributed by atoms with Gasteiger partial charge in [-0.1, -0.05) is 12.1 Å². The number of nitrogens with zero attached hydrogens (tertiary/aromatic N) is 3. The van der Waals surface area contributed by atoms with E-state index in [1.165, 1.54) is 22.5 Å². The minimum Gasteiger partial charge on any atom is -0.491 e. The van der Waals surface area contributed by atoms with Crippen molar-refractivity contribution in [1.82, 2.24) is 19.6 Å². The maximum Gasteiger partial charge on any atom is 0.258 e. The quantitative estimate of drug-likeness (QED) is 0.677. The molecule has 29 heavy (non-hydrogen) atoms. The van der Waals surface area contributed by atoms with E-state index in [1.807, 2.05) is 43.1 Å². The number of hydrogen-bond donors (Lipinski definition) is 1. The zero-order chi connectivity index (χ0) is 20.7. The lowest BCUT2D eigenvalue weighted by molar-refractivity contribution is 0.0746. The summed E-state index contributed by atoms with van der Waals surface area (Å²) < 4.78 is 8.07. The van der Waals surface area contributed by atoms with E-state index in [0.29, 0.717) is 31.0 Å². The standard InChI is InChI=1S/C23H28N4O2/c1-14-15(2)25-22-20-13-26(12-19(20)17(4)27(22)16(14)3)23(28)18-8-6-7-9-21(18)29-11-10-24-5/h6-9,24H,10-13H2,1-5H3. The van der Waals surface area contributed by atoms with Gasteiger partial charge in [-0.2, -0.15) is 0 Å². The Bertz CT molecular complexity index is 1100. The number of ether oxygens (including phenoxy) is 1. The highest BCUT2D eigenvalue weighted by molar-refractivity contribution is 5.97. The number of carbonyl (C=O) groups excluding carboxylic acids is 1. The van der Waals surface area contributed by atoms with Crippen LogP contribution >= 0.6 is 0 Å². The van der Waals surface area contributed by atoms with Gasteiger partial charge in [-0.05, 0) is 58.0 Å². The van der Waals surface area contributed by atoms with Crippen LogP contribution in [0.15, 0.2) is 24.3 Å². The summed E-state index contributed by atoms with van der Waals surface area (Å²) in [6, 6.07) is 7.49. The molecule has 0 saturated carbocycles. The molecule has 0 radical (unpaired) electrons. The maximum atomic E-state index is 13.3. The molecule has 152 valence electrons. The third kappa shape index (κ3) is 3.17. The third-order valence-electron chi connectivity index (χ3n) is 6.02. The number of fused-ring (bicyclic) bond motifs is 3. The average Bonchev–Trinajstić information content (AvgIpc) is 3.26. The largest absolute Gasteiger partial charge is 0.491 e. The van der Waals surface area contributed by atoms with Crippen molar-refractivity contribution in [2.45, 2.75) is 40.8 Å². The first-order chi connectivity index (χ1) is 13.9. The lowest BCUT2D eigenvalue weighted by Gasteiger charge is -2.19. The van der Waals surface area contributed by atoms with Crippen molar-refractivity contribution in [3.63, 3.8) is 0 Å². The Morgan fingerprint density at radius 1 is 1.10 bits per heavy atom. The van der Waals surface area contributed by atoms with Gasteiger partial charge in [0.25, 0.3) is 5.91 Å². The molecule has 1 amide bonds. The van der Waals surface area contributed by atoms with Crippen LogP contribution in [0.25, 0.3) is 5.65 Å². The second kappa shape index (κ2) is 7.52. The number of aromatic nitrogens is 2. The first-order valence-electron chi connectivity index (χ1n) is 10.1. The molecule has 0 unspecified atom stereocenters. The van der Waals surface area contributed by atoms with Gasteiger partial charge in [0.2, 0.25) is 0 Å². The van der Waals surface area contributed by atoms with Gasteiger partial charge in [-0.25, -0.2) is 4.98 Å². The molecular weight excluding hydrogens is 364 g/mol.